The first-order chi connectivity index (χ1) is 10.5. The molecule has 1 unspecified atom stereocenters. The van der Waals surface area contributed by atoms with Gasteiger partial charge in [-0.25, -0.2) is 0 Å². The Hall–Kier alpha value is -1.89. The van der Waals surface area contributed by atoms with Gasteiger partial charge >= 0.3 is 5.97 Å². The van der Waals surface area contributed by atoms with Gasteiger partial charge in [0, 0.05) is 38.3 Å². The maximum absolute atomic E-state index is 12.4. The lowest BCUT2D eigenvalue weighted by atomic mass is 10.0. The smallest absolute Gasteiger partial charge is 0.303 e. The summed E-state index contributed by atoms with van der Waals surface area (Å²) in [4.78, 5) is 25.1. The Kier molecular flexibility index (Phi) is 5.54. The molecule has 2 heterocycles. The van der Waals surface area contributed by atoms with Gasteiger partial charge in [-0.05, 0) is 31.7 Å². The van der Waals surface area contributed by atoms with E-state index in [0.29, 0.717) is 39.0 Å². The number of hydrogen-bond acceptors (Lipinski definition) is 4. The number of hydrogen-bond donors (Lipinski definition) is 3. The minimum absolute atomic E-state index is 0.0265. The van der Waals surface area contributed by atoms with Crippen LogP contribution >= 0.6 is 0 Å². The summed E-state index contributed by atoms with van der Waals surface area (Å²) in [5.41, 5.74) is 3.04. The SMILES string of the molecule is Cc1n[nH]c(C)c1CCC(=O)N1CCNCC(CC(=O)O)C1. The highest BCUT2D eigenvalue weighted by atomic mass is 16.4. The molecule has 0 aliphatic carbocycles. The van der Waals surface area contributed by atoms with Crippen LogP contribution in [0.25, 0.3) is 0 Å². The van der Waals surface area contributed by atoms with Gasteiger partial charge < -0.3 is 15.3 Å². The van der Waals surface area contributed by atoms with Crippen molar-refractivity contribution in [3.05, 3.63) is 17.0 Å². The van der Waals surface area contributed by atoms with E-state index in [1.807, 2.05) is 13.8 Å². The van der Waals surface area contributed by atoms with Crippen molar-refractivity contribution in [3.63, 3.8) is 0 Å². The zero-order valence-corrected chi connectivity index (χ0v) is 13.2. The number of amides is 1. The number of carbonyl (C=O) groups is 2. The van der Waals surface area contributed by atoms with Crippen LogP contribution in [0.1, 0.15) is 29.8 Å². The molecule has 1 saturated heterocycles. The Morgan fingerprint density at radius 1 is 1.41 bits per heavy atom. The second-order valence-electron chi connectivity index (χ2n) is 5.92. The van der Waals surface area contributed by atoms with E-state index in [9.17, 15) is 9.59 Å². The van der Waals surface area contributed by atoms with Crippen molar-refractivity contribution in [1.82, 2.24) is 20.4 Å². The van der Waals surface area contributed by atoms with Gasteiger partial charge in [0.1, 0.15) is 0 Å². The summed E-state index contributed by atoms with van der Waals surface area (Å²) in [7, 11) is 0. The maximum Gasteiger partial charge on any atom is 0.303 e. The zero-order chi connectivity index (χ0) is 16.1. The molecule has 1 amide bonds. The van der Waals surface area contributed by atoms with Crippen LogP contribution in [-0.4, -0.2) is 58.3 Å². The van der Waals surface area contributed by atoms with Crippen molar-refractivity contribution in [2.75, 3.05) is 26.2 Å². The minimum Gasteiger partial charge on any atom is -0.481 e. The number of carboxylic acids is 1. The third kappa shape index (κ3) is 4.30. The molecule has 3 N–H and O–H groups in total. The van der Waals surface area contributed by atoms with Crippen LogP contribution in [0.3, 0.4) is 0 Å². The lowest BCUT2D eigenvalue weighted by Crippen LogP contribution is -2.36. The molecule has 1 fully saturated rings. The highest BCUT2D eigenvalue weighted by Gasteiger charge is 2.23. The highest BCUT2D eigenvalue weighted by Crippen LogP contribution is 2.14. The van der Waals surface area contributed by atoms with E-state index in [4.69, 9.17) is 5.11 Å². The van der Waals surface area contributed by atoms with Crippen LogP contribution in [0.4, 0.5) is 0 Å². The van der Waals surface area contributed by atoms with Crippen molar-refractivity contribution in [2.45, 2.75) is 33.1 Å². The van der Waals surface area contributed by atoms with Crippen molar-refractivity contribution >= 4 is 11.9 Å². The lowest BCUT2D eigenvalue weighted by Gasteiger charge is -2.23. The molecule has 122 valence electrons. The first kappa shape index (κ1) is 16.5. The molecule has 7 heteroatoms. The average Bonchev–Trinajstić information content (AvgIpc) is 2.66. The molecule has 1 atom stereocenters. The number of nitrogens with zero attached hydrogens (tertiary/aromatic N) is 2. The third-order valence-corrected chi connectivity index (χ3v) is 4.16. The molecule has 0 aromatic carbocycles. The Morgan fingerprint density at radius 2 is 2.18 bits per heavy atom. The number of aromatic nitrogens is 2. The van der Waals surface area contributed by atoms with Crippen LogP contribution < -0.4 is 5.32 Å². The van der Waals surface area contributed by atoms with Crippen LogP contribution in [0, 0.1) is 19.8 Å². The van der Waals surface area contributed by atoms with Crippen molar-refractivity contribution in [3.8, 4) is 0 Å². The number of rotatable bonds is 5. The predicted octanol–water partition coefficient (Wildman–Crippen LogP) is 0.482. The quantitative estimate of drug-likeness (QED) is 0.735. The summed E-state index contributed by atoms with van der Waals surface area (Å²) in [5.74, 6) is -0.758. The van der Waals surface area contributed by atoms with E-state index in [1.54, 1.807) is 4.90 Å². The fourth-order valence-electron chi connectivity index (χ4n) is 2.93. The fourth-order valence-corrected chi connectivity index (χ4v) is 2.93. The molecule has 0 spiro atoms. The summed E-state index contributed by atoms with van der Waals surface area (Å²) in [6, 6.07) is 0. The molecule has 0 bridgehead atoms. The lowest BCUT2D eigenvalue weighted by molar-refractivity contribution is -0.139. The average molecular weight is 308 g/mol. The Bertz CT molecular complexity index is 521. The van der Waals surface area contributed by atoms with Gasteiger partial charge in [0.05, 0.1) is 12.1 Å². The summed E-state index contributed by atoms with van der Waals surface area (Å²) in [6.45, 7) is 6.40. The fraction of sp³-hybridized carbons (Fsp3) is 0.667. The van der Waals surface area contributed by atoms with Crippen molar-refractivity contribution < 1.29 is 14.7 Å². The number of nitrogens with one attached hydrogen (secondary N) is 2. The standard InChI is InChI=1S/C15H24N4O3/c1-10-13(11(2)18-17-10)3-4-14(20)19-6-5-16-8-12(9-19)7-15(21)22/h12,16H,3-9H2,1-2H3,(H,17,18)(H,21,22). The first-order valence-corrected chi connectivity index (χ1v) is 7.68. The van der Waals surface area contributed by atoms with Gasteiger partial charge in [-0.3, -0.25) is 14.7 Å². The van der Waals surface area contributed by atoms with E-state index in [1.165, 1.54) is 0 Å². The van der Waals surface area contributed by atoms with Crippen molar-refractivity contribution in [1.29, 1.82) is 0 Å². The molecular weight excluding hydrogens is 284 g/mol. The van der Waals surface area contributed by atoms with Crippen molar-refractivity contribution in [2.24, 2.45) is 5.92 Å². The molecule has 0 radical (unpaired) electrons. The molecule has 1 aromatic rings. The molecule has 1 aliphatic heterocycles. The highest BCUT2D eigenvalue weighted by molar-refractivity contribution is 5.76. The second-order valence-corrected chi connectivity index (χ2v) is 5.92. The molecular formula is C15H24N4O3. The van der Waals surface area contributed by atoms with Gasteiger partial charge in [0.25, 0.3) is 0 Å². The summed E-state index contributed by atoms with van der Waals surface area (Å²) < 4.78 is 0. The number of aromatic amines is 1. The zero-order valence-electron chi connectivity index (χ0n) is 13.2. The number of aliphatic carboxylic acids is 1. The number of aryl methyl sites for hydroxylation is 2. The first-order valence-electron chi connectivity index (χ1n) is 7.68. The van der Waals surface area contributed by atoms with Gasteiger partial charge in [-0.15, -0.1) is 0 Å². The topological polar surface area (TPSA) is 98.3 Å². The molecule has 0 saturated carbocycles. The van der Waals surface area contributed by atoms with E-state index < -0.39 is 5.97 Å². The monoisotopic (exact) mass is 308 g/mol. The Labute approximate surface area is 130 Å². The number of H-pyrrole nitrogens is 1. The second kappa shape index (κ2) is 7.40. The number of carboxylic acid groups (broad SMARTS) is 1. The van der Waals surface area contributed by atoms with E-state index in [-0.39, 0.29) is 18.2 Å². The van der Waals surface area contributed by atoms with E-state index in [2.05, 4.69) is 15.5 Å². The van der Waals surface area contributed by atoms with E-state index in [0.717, 1.165) is 17.0 Å². The predicted molar refractivity (Wildman–Crippen MR) is 81.6 cm³/mol. The van der Waals surface area contributed by atoms with Gasteiger partial charge in [-0.2, -0.15) is 5.10 Å². The molecule has 1 aliphatic rings. The van der Waals surface area contributed by atoms with Crippen LogP contribution in [0.5, 0.6) is 0 Å². The normalized spacial score (nSPS) is 19.0. The van der Waals surface area contributed by atoms with Gasteiger partial charge in [0.2, 0.25) is 5.91 Å². The maximum atomic E-state index is 12.4. The summed E-state index contributed by atoms with van der Waals surface area (Å²) in [6.07, 6.45) is 1.19. The van der Waals surface area contributed by atoms with Crippen LogP contribution in [0.2, 0.25) is 0 Å². The molecule has 22 heavy (non-hydrogen) atoms. The molecule has 1 aromatic heterocycles. The Balaban J connectivity index is 1.91. The molecule has 2 rings (SSSR count). The van der Waals surface area contributed by atoms with Gasteiger partial charge in [0.15, 0.2) is 0 Å². The van der Waals surface area contributed by atoms with Gasteiger partial charge in [-0.1, -0.05) is 0 Å². The van der Waals surface area contributed by atoms with Crippen LogP contribution in [0.15, 0.2) is 0 Å². The van der Waals surface area contributed by atoms with E-state index >= 15 is 0 Å². The summed E-state index contributed by atoms with van der Waals surface area (Å²) >= 11 is 0. The third-order valence-electron chi connectivity index (χ3n) is 4.16. The van der Waals surface area contributed by atoms with Crippen LogP contribution in [-0.2, 0) is 16.0 Å². The largest absolute Gasteiger partial charge is 0.481 e. The minimum atomic E-state index is -0.814. The number of carbonyl (C=O) groups excluding carboxylic acids is 1. The summed E-state index contributed by atoms with van der Waals surface area (Å²) in [5, 5.41) is 19.2. The molecule has 7 nitrogen and oxygen atoms in total. The Morgan fingerprint density at radius 3 is 2.82 bits per heavy atom.